The zero-order valence-electron chi connectivity index (χ0n) is 20.2. The van der Waals surface area contributed by atoms with E-state index in [1.165, 1.54) is 80.2 Å². The molecular weight excluding hydrogens is 454 g/mol. The van der Waals surface area contributed by atoms with E-state index >= 15 is 0 Å². The number of benzene rings is 6. The Balaban J connectivity index is 1.38. The number of aromatic nitrogens is 1. The molecule has 2 aromatic heterocycles. The van der Waals surface area contributed by atoms with Crippen molar-refractivity contribution in [3.8, 4) is 11.1 Å². The summed E-state index contributed by atoms with van der Waals surface area (Å²) in [5, 5.41) is 10.6. The summed E-state index contributed by atoms with van der Waals surface area (Å²) in [5.41, 5.74) is 6.40. The first kappa shape index (κ1) is 20.1. The maximum Gasteiger partial charge on any atom is 0.0568 e. The molecule has 8 aromatic rings. The van der Waals surface area contributed by atoms with E-state index in [2.05, 4.69) is 122 Å². The second-order valence-corrected chi connectivity index (χ2v) is 11.0. The van der Waals surface area contributed by atoms with Gasteiger partial charge < -0.3 is 4.57 Å². The molecule has 0 amide bonds. The van der Waals surface area contributed by atoms with Crippen LogP contribution in [-0.2, 0) is 7.05 Å². The van der Waals surface area contributed by atoms with E-state index in [0.717, 1.165) is 0 Å². The molecule has 170 valence electrons. The third-order valence-corrected chi connectivity index (χ3v) is 9.05. The first-order valence-corrected chi connectivity index (χ1v) is 13.2. The molecule has 6 aromatic carbocycles. The van der Waals surface area contributed by atoms with Crippen molar-refractivity contribution in [2.45, 2.75) is 6.92 Å². The van der Waals surface area contributed by atoms with E-state index in [9.17, 15) is 0 Å². The molecule has 0 N–H and O–H groups in total. The van der Waals surface area contributed by atoms with Gasteiger partial charge in [-0.2, -0.15) is 0 Å². The number of hydrogen-bond acceptors (Lipinski definition) is 1. The molecular formula is C34H23NS. The minimum absolute atomic E-state index is 1.26. The second-order valence-electron chi connectivity index (χ2n) is 9.95. The molecule has 0 spiro atoms. The zero-order valence-corrected chi connectivity index (χ0v) is 21.0. The molecule has 0 aliphatic rings. The molecule has 2 heterocycles. The van der Waals surface area contributed by atoms with Gasteiger partial charge in [-0.05, 0) is 47.0 Å². The summed E-state index contributed by atoms with van der Waals surface area (Å²) in [7, 11) is 2.21. The van der Waals surface area contributed by atoms with Crippen LogP contribution in [0.5, 0.6) is 0 Å². The van der Waals surface area contributed by atoms with Gasteiger partial charge >= 0.3 is 0 Å². The fourth-order valence-corrected chi connectivity index (χ4v) is 7.26. The van der Waals surface area contributed by atoms with Crippen molar-refractivity contribution in [3.63, 3.8) is 0 Å². The highest BCUT2D eigenvalue weighted by atomic mass is 32.1. The lowest BCUT2D eigenvalue weighted by Crippen LogP contribution is -1.89. The van der Waals surface area contributed by atoms with Crippen LogP contribution < -0.4 is 0 Å². The van der Waals surface area contributed by atoms with Crippen molar-refractivity contribution in [3.05, 3.63) is 109 Å². The van der Waals surface area contributed by atoms with Crippen molar-refractivity contribution < 1.29 is 0 Å². The first-order chi connectivity index (χ1) is 17.7. The highest BCUT2D eigenvalue weighted by Gasteiger charge is 2.15. The molecule has 0 fully saturated rings. The lowest BCUT2D eigenvalue weighted by molar-refractivity contribution is 1.02. The van der Waals surface area contributed by atoms with Crippen molar-refractivity contribution >= 4 is 74.9 Å². The van der Waals surface area contributed by atoms with Crippen molar-refractivity contribution in [2.24, 2.45) is 7.05 Å². The summed E-state index contributed by atoms with van der Waals surface area (Å²) in [6, 6.07) is 38.4. The molecule has 0 saturated carbocycles. The van der Waals surface area contributed by atoms with Crippen LogP contribution in [0.4, 0.5) is 0 Å². The topological polar surface area (TPSA) is 4.93 Å². The van der Waals surface area contributed by atoms with Crippen molar-refractivity contribution in [1.82, 2.24) is 4.57 Å². The second kappa shape index (κ2) is 7.19. The van der Waals surface area contributed by atoms with E-state index in [1.807, 2.05) is 11.3 Å². The summed E-state index contributed by atoms with van der Waals surface area (Å²) in [4.78, 5) is 0. The number of thiophene rings is 1. The molecule has 0 aliphatic carbocycles. The summed E-state index contributed by atoms with van der Waals surface area (Å²) in [6.45, 7) is 2.15. The van der Waals surface area contributed by atoms with Crippen molar-refractivity contribution in [1.29, 1.82) is 0 Å². The third-order valence-electron chi connectivity index (χ3n) is 7.83. The summed E-state index contributed by atoms with van der Waals surface area (Å²) < 4.78 is 5.13. The van der Waals surface area contributed by atoms with Crippen LogP contribution in [0.1, 0.15) is 5.56 Å². The van der Waals surface area contributed by atoms with E-state index < -0.39 is 0 Å². The Bertz CT molecular complexity index is 2170. The normalized spacial score (nSPS) is 12.2. The molecule has 1 nitrogen and oxygen atoms in total. The van der Waals surface area contributed by atoms with E-state index in [0.29, 0.717) is 0 Å². The Labute approximate surface area is 212 Å². The van der Waals surface area contributed by atoms with E-state index in [-0.39, 0.29) is 0 Å². The predicted octanol–water partition coefficient (Wildman–Crippen LogP) is 9.98. The molecule has 0 atom stereocenters. The average molecular weight is 478 g/mol. The van der Waals surface area contributed by atoms with Gasteiger partial charge in [-0.3, -0.25) is 0 Å². The number of hydrogen-bond donors (Lipinski definition) is 0. The van der Waals surface area contributed by atoms with Gasteiger partial charge in [0.1, 0.15) is 0 Å². The van der Waals surface area contributed by atoms with E-state index in [4.69, 9.17) is 0 Å². The number of nitrogens with zero attached hydrogens (tertiary/aromatic N) is 1. The molecule has 36 heavy (non-hydrogen) atoms. The summed E-state index contributed by atoms with van der Waals surface area (Å²) in [6.07, 6.45) is 0. The van der Waals surface area contributed by atoms with Crippen LogP contribution in [0.3, 0.4) is 0 Å². The molecule has 8 rings (SSSR count). The van der Waals surface area contributed by atoms with Crippen LogP contribution >= 0.6 is 11.3 Å². The Kier molecular flexibility index (Phi) is 4.01. The molecule has 0 saturated heterocycles. The lowest BCUT2D eigenvalue weighted by Gasteiger charge is -2.07. The molecule has 2 heteroatoms. The Morgan fingerprint density at radius 2 is 1.19 bits per heavy atom. The van der Waals surface area contributed by atoms with Gasteiger partial charge in [-0.25, -0.2) is 0 Å². The molecule has 0 radical (unpaired) electrons. The van der Waals surface area contributed by atoms with Gasteiger partial charge in [-0.1, -0.05) is 90.5 Å². The minimum Gasteiger partial charge on any atom is -0.343 e. The SMILES string of the molecule is Cc1ccc2cc(-c3ccc4c5ccc6c(ccc7c8ccccc8sc76)c5n(C)c4c3)ccc2c1. The maximum absolute atomic E-state index is 2.39. The third kappa shape index (κ3) is 2.71. The van der Waals surface area contributed by atoms with Crippen molar-refractivity contribution in [2.75, 3.05) is 0 Å². The Morgan fingerprint density at radius 1 is 0.556 bits per heavy atom. The smallest absolute Gasteiger partial charge is 0.0568 e. The monoisotopic (exact) mass is 477 g/mol. The average Bonchev–Trinajstić information content (AvgIpc) is 3.43. The van der Waals surface area contributed by atoms with Gasteiger partial charge in [0.2, 0.25) is 0 Å². The van der Waals surface area contributed by atoms with Gasteiger partial charge in [0.15, 0.2) is 0 Å². The van der Waals surface area contributed by atoms with Gasteiger partial charge in [0.25, 0.3) is 0 Å². The fraction of sp³-hybridized carbons (Fsp3) is 0.0588. The lowest BCUT2D eigenvalue weighted by atomic mass is 9.99. The summed E-state index contributed by atoms with van der Waals surface area (Å²) >= 11 is 1.90. The Morgan fingerprint density at radius 3 is 2.08 bits per heavy atom. The largest absolute Gasteiger partial charge is 0.343 e. The minimum atomic E-state index is 1.26. The quantitative estimate of drug-likeness (QED) is 0.222. The highest BCUT2D eigenvalue weighted by molar-refractivity contribution is 7.26. The van der Waals surface area contributed by atoms with Gasteiger partial charge in [0, 0.05) is 54.3 Å². The predicted molar refractivity (Wildman–Crippen MR) is 158 cm³/mol. The van der Waals surface area contributed by atoms with Gasteiger partial charge in [0.05, 0.1) is 5.52 Å². The van der Waals surface area contributed by atoms with Crippen LogP contribution in [0.2, 0.25) is 0 Å². The van der Waals surface area contributed by atoms with Crippen LogP contribution in [0.15, 0.2) is 103 Å². The van der Waals surface area contributed by atoms with Crippen LogP contribution in [0.25, 0.3) is 74.6 Å². The van der Waals surface area contributed by atoms with Gasteiger partial charge in [-0.15, -0.1) is 11.3 Å². The first-order valence-electron chi connectivity index (χ1n) is 12.4. The maximum atomic E-state index is 2.39. The Hall–Kier alpha value is -4.14. The number of aryl methyl sites for hydroxylation is 2. The van der Waals surface area contributed by atoms with E-state index in [1.54, 1.807) is 0 Å². The molecule has 0 aliphatic heterocycles. The number of rotatable bonds is 1. The van der Waals surface area contributed by atoms with Crippen LogP contribution in [0, 0.1) is 6.92 Å². The number of fused-ring (bicyclic) bond motifs is 10. The summed E-state index contributed by atoms with van der Waals surface area (Å²) in [5.74, 6) is 0. The zero-order chi connectivity index (χ0) is 24.0. The standard InChI is InChI=1S/C34H23NS/c1-20-7-8-22-18-23(10-9-21(22)17-20)24-11-12-25-27-13-16-30-28(33(27)35(2)31(25)19-24)14-15-29-26-5-3-4-6-32(26)36-34(29)30/h3-19H,1-2H3. The molecule has 0 bridgehead atoms. The molecule has 0 unspecified atom stereocenters. The fourth-order valence-electron chi connectivity index (χ4n) is 6.03. The highest BCUT2D eigenvalue weighted by Crippen LogP contribution is 2.42. The van der Waals surface area contributed by atoms with Crippen LogP contribution in [-0.4, -0.2) is 4.57 Å².